The van der Waals surface area contributed by atoms with Gasteiger partial charge in [-0.25, -0.2) is 0 Å². The molecule has 5 fully saturated rings. The molecule has 22 heavy (non-hydrogen) atoms. The molecule has 4 saturated carbocycles. The molecule has 4 heteroatoms. The van der Waals surface area contributed by atoms with Crippen molar-refractivity contribution in [3.63, 3.8) is 0 Å². The van der Waals surface area contributed by atoms with E-state index in [1.54, 1.807) is 4.90 Å². The smallest absolute Gasteiger partial charge is 0.242 e. The quantitative estimate of drug-likeness (QED) is 0.866. The first-order chi connectivity index (χ1) is 10.6. The van der Waals surface area contributed by atoms with Crippen LogP contribution in [0, 0.1) is 23.2 Å². The molecule has 1 N–H and O–H groups in total. The third kappa shape index (κ3) is 2.35. The fourth-order valence-corrected chi connectivity index (χ4v) is 6.30. The van der Waals surface area contributed by atoms with Gasteiger partial charge in [-0.1, -0.05) is 0 Å². The molecule has 0 unspecified atom stereocenters. The summed E-state index contributed by atoms with van der Waals surface area (Å²) in [7, 11) is 0. The first-order valence-corrected chi connectivity index (χ1v) is 9.16. The Balaban J connectivity index is 1.38. The molecule has 4 bridgehead atoms. The highest BCUT2D eigenvalue weighted by atomic mass is 16.2. The molecule has 0 spiro atoms. The molecule has 1 saturated heterocycles. The minimum absolute atomic E-state index is 0.0865. The van der Waals surface area contributed by atoms with Crippen molar-refractivity contribution in [2.24, 2.45) is 23.2 Å². The standard InChI is InChI=1S/C18H28N2O2/c1-2-20-15(3-4-16(20)21)17(22)19-11-18-8-12-5-13(9-18)7-14(6-12)10-18/h12-15H,2-11H2,1H3,(H,19,22)/t12?,13?,14?,15-,18?/m0/s1. The number of amides is 2. The molecule has 0 aromatic rings. The van der Waals surface area contributed by atoms with E-state index in [0.29, 0.717) is 24.8 Å². The monoisotopic (exact) mass is 304 g/mol. The van der Waals surface area contributed by atoms with Crippen molar-refractivity contribution < 1.29 is 9.59 Å². The Kier molecular flexibility index (Phi) is 3.46. The Labute approximate surface area is 133 Å². The van der Waals surface area contributed by atoms with Gasteiger partial charge in [0.25, 0.3) is 0 Å². The third-order valence-corrected chi connectivity index (χ3v) is 6.77. The van der Waals surface area contributed by atoms with E-state index in [1.807, 2.05) is 6.92 Å². The number of likely N-dealkylation sites (tertiary alicyclic amines) is 1. The number of rotatable bonds is 4. The zero-order chi connectivity index (χ0) is 15.3. The summed E-state index contributed by atoms with van der Waals surface area (Å²) in [6, 6.07) is -0.216. The number of likely N-dealkylation sites (N-methyl/N-ethyl adjacent to an activating group) is 1. The van der Waals surface area contributed by atoms with Crippen molar-refractivity contribution in [3.8, 4) is 0 Å². The summed E-state index contributed by atoms with van der Waals surface area (Å²) in [6.45, 7) is 3.45. The van der Waals surface area contributed by atoms with Gasteiger partial charge in [0.05, 0.1) is 0 Å². The van der Waals surface area contributed by atoms with Crippen LogP contribution < -0.4 is 5.32 Å². The van der Waals surface area contributed by atoms with Crippen LogP contribution in [-0.4, -0.2) is 35.8 Å². The summed E-state index contributed by atoms with van der Waals surface area (Å²) in [4.78, 5) is 26.1. The van der Waals surface area contributed by atoms with Crippen LogP contribution >= 0.6 is 0 Å². The second kappa shape index (κ2) is 5.24. The molecule has 0 aromatic heterocycles. The Bertz CT molecular complexity index is 452. The van der Waals surface area contributed by atoms with Crippen LogP contribution in [0.25, 0.3) is 0 Å². The summed E-state index contributed by atoms with van der Waals surface area (Å²) in [5.74, 6) is 2.98. The zero-order valence-electron chi connectivity index (χ0n) is 13.6. The molecule has 122 valence electrons. The van der Waals surface area contributed by atoms with Gasteiger partial charge >= 0.3 is 0 Å². The van der Waals surface area contributed by atoms with Crippen LogP contribution in [0.15, 0.2) is 0 Å². The zero-order valence-corrected chi connectivity index (χ0v) is 13.6. The van der Waals surface area contributed by atoms with Crippen LogP contribution in [0.3, 0.4) is 0 Å². The predicted octanol–water partition coefficient (Wildman–Crippen LogP) is 2.33. The van der Waals surface area contributed by atoms with E-state index in [0.717, 1.165) is 24.3 Å². The summed E-state index contributed by atoms with van der Waals surface area (Å²) in [6.07, 6.45) is 9.50. The molecule has 0 radical (unpaired) electrons. The molecule has 1 aliphatic heterocycles. The van der Waals surface area contributed by atoms with Crippen LogP contribution in [0.2, 0.25) is 0 Å². The highest BCUT2D eigenvalue weighted by Crippen LogP contribution is 2.59. The molecular weight excluding hydrogens is 276 g/mol. The van der Waals surface area contributed by atoms with Crippen molar-refractivity contribution >= 4 is 11.8 Å². The van der Waals surface area contributed by atoms with Crippen LogP contribution in [0.4, 0.5) is 0 Å². The lowest BCUT2D eigenvalue weighted by Crippen LogP contribution is -2.53. The third-order valence-electron chi connectivity index (χ3n) is 6.77. The summed E-state index contributed by atoms with van der Waals surface area (Å²) in [5.41, 5.74) is 0.379. The lowest BCUT2D eigenvalue weighted by atomic mass is 9.49. The lowest BCUT2D eigenvalue weighted by molar-refractivity contribution is -0.135. The molecule has 1 atom stereocenters. The average molecular weight is 304 g/mol. The second-order valence-electron chi connectivity index (χ2n) is 8.37. The van der Waals surface area contributed by atoms with Crippen molar-refractivity contribution in [1.29, 1.82) is 0 Å². The van der Waals surface area contributed by atoms with Gasteiger partial charge < -0.3 is 10.2 Å². The number of hydrogen-bond donors (Lipinski definition) is 1. The minimum atomic E-state index is -0.216. The molecule has 1 heterocycles. The minimum Gasteiger partial charge on any atom is -0.354 e. The second-order valence-corrected chi connectivity index (χ2v) is 8.37. The van der Waals surface area contributed by atoms with Gasteiger partial charge in [-0.2, -0.15) is 0 Å². The molecule has 2 amide bonds. The highest BCUT2D eigenvalue weighted by Gasteiger charge is 2.51. The molecular formula is C18H28N2O2. The van der Waals surface area contributed by atoms with Gasteiger partial charge in [0.15, 0.2) is 0 Å². The van der Waals surface area contributed by atoms with Crippen LogP contribution in [-0.2, 0) is 9.59 Å². The number of carbonyl (C=O) groups excluding carboxylic acids is 2. The Hall–Kier alpha value is -1.06. The SMILES string of the molecule is CCN1C(=O)CC[C@H]1C(=O)NCC12CC3CC(CC(C3)C1)C2. The number of nitrogens with zero attached hydrogens (tertiary/aromatic N) is 1. The summed E-state index contributed by atoms with van der Waals surface area (Å²) < 4.78 is 0. The molecule has 0 aromatic carbocycles. The number of hydrogen-bond acceptors (Lipinski definition) is 2. The lowest BCUT2D eigenvalue weighted by Gasteiger charge is -2.57. The van der Waals surface area contributed by atoms with E-state index < -0.39 is 0 Å². The average Bonchev–Trinajstić information content (AvgIpc) is 2.84. The van der Waals surface area contributed by atoms with Crippen molar-refractivity contribution in [3.05, 3.63) is 0 Å². The van der Waals surface area contributed by atoms with Crippen LogP contribution in [0.1, 0.15) is 58.3 Å². The van der Waals surface area contributed by atoms with Crippen molar-refractivity contribution in [2.45, 2.75) is 64.3 Å². The maximum absolute atomic E-state index is 12.5. The predicted molar refractivity (Wildman–Crippen MR) is 84.0 cm³/mol. The summed E-state index contributed by atoms with van der Waals surface area (Å²) >= 11 is 0. The highest BCUT2D eigenvalue weighted by molar-refractivity contribution is 5.90. The maximum atomic E-state index is 12.5. The first kappa shape index (κ1) is 14.5. The van der Waals surface area contributed by atoms with E-state index in [-0.39, 0.29) is 17.9 Å². The molecule has 4 nitrogen and oxygen atoms in total. The van der Waals surface area contributed by atoms with Gasteiger partial charge in [0, 0.05) is 19.5 Å². The van der Waals surface area contributed by atoms with Crippen molar-refractivity contribution in [2.75, 3.05) is 13.1 Å². The van der Waals surface area contributed by atoms with Gasteiger partial charge in [-0.05, 0) is 75.0 Å². The fraction of sp³-hybridized carbons (Fsp3) is 0.889. The first-order valence-electron chi connectivity index (χ1n) is 9.16. The van der Waals surface area contributed by atoms with Crippen LogP contribution in [0.5, 0.6) is 0 Å². The largest absolute Gasteiger partial charge is 0.354 e. The number of carbonyl (C=O) groups is 2. The maximum Gasteiger partial charge on any atom is 0.242 e. The molecule has 5 rings (SSSR count). The van der Waals surface area contributed by atoms with Gasteiger partial charge in [0.2, 0.25) is 11.8 Å². The fourth-order valence-electron chi connectivity index (χ4n) is 6.30. The summed E-state index contributed by atoms with van der Waals surface area (Å²) in [5, 5.41) is 3.23. The molecule has 5 aliphatic rings. The number of nitrogens with one attached hydrogen (secondary N) is 1. The Morgan fingerprint density at radius 3 is 2.32 bits per heavy atom. The molecule has 4 aliphatic carbocycles. The topological polar surface area (TPSA) is 49.4 Å². The normalized spacial score (nSPS) is 43.0. The van der Waals surface area contributed by atoms with E-state index in [1.165, 1.54) is 38.5 Å². The van der Waals surface area contributed by atoms with Gasteiger partial charge in [-0.3, -0.25) is 9.59 Å². The van der Waals surface area contributed by atoms with E-state index in [9.17, 15) is 9.59 Å². The van der Waals surface area contributed by atoms with Gasteiger partial charge in [0.1, 0.15) is 6.04 Å². The van der Waals surface area contributed by atoms with Gasteiger partial charge in [-0.15, -0.1) is 0 Å². The van der Waals surface area contributed by atoms with E-state index >= 15 is 0 Å². The van der Waals surface area contributed by atoms with E-state index in [4.69, 9.17) is 0 Å². The van der Waals surface area contributed by atoms with E-state index in [2.05, 4.69) is 5.32 Å². The Morgan fingerprint density at radius 2 is 1.77 bits per heavy atom. The Morgan fingerprint density at radius 1 is 1.18 bits per heavy atom. The van der Waals surface area contributed by atoms with Crippen molar-refractivity contribution in [1.82, 2.24) is 10.2 Å².